The highest BCUT2D eigenvalue weighted by molar-refractivity contribution is 6.30. The van der Waals surface area contributed by atoms with E-state index in [1.54, 1.807) is 49.6 Å². The van der Waals surface area contributed by atoms with Gasteiger partial charge < -0.3 is 19.5 Å². The molecule has 2 rings (SSSR count). The molecule has 0 aliphatic rings. The highest BCUT2D eigenvalue weighted by Gasteiger charge is 2.13. The Morgan fingerprint density at radius 1 is 1.15 bits per heavy atom. The summed E-state index contributed by atoms with van der Waals surface area (Å²) in [4.78, 5) is 12.4. The second-order valence-electron chi connectivity index (χ2n) is 5.83. The molecule has 1 N–H and O–H groups in total. The van der Waals surface area contributed by atoms with Crippen molar-refractivity contribution in [2.45, 2.75) is 26.5 Å². The van der Waals surface area contributed by atoms with Gasteiger partial charge in [0, 0.05) is 29.3 Å². The van der Waals surface area contributed by atoms with E-state index in [1.807, 2.05) is 13.8 Å². The lowest BCUT2D eigenvalue weighted by Gasteiger charge is -2.15. The molecular weight excluding hydrogens is 354 g/mol. The van der Waals surface area contributed by atoms with Gasteiger partial charge in [-0.25, -0.2) is 0 Å². The van der Waals surface area contributed by atoms with E-state index < -0.39 is 0 Å². The largest absolute Gasteiger partial charge is 0.493 e. The standard InChI is InChI=1S/C20H24ClNO4/c1-4-25-19-10-5-15(20(23)22-14(2)12-24-3)11-16(19)13-26-18-8-6-17(21)7-9-18/h5-11,14H,4,12-13H2,1-3H3,(H,22,23)/t14-/m1/s1. The Hall–Kier alpha value is -2.24. The van der Waals surface area contributed by atoms with Gasteiger partial charge >= 0.3 is 0 Å². The fraction of sp³-hybridized carbons (Fsp3) is 0.350. The van der Waals surface area contributed by atoms with Crippen LogP contribution in [0.3, 0.4) is 0 Å². The van der Waals surface area contributed by atoms with Crippen LogP contribution in [-0.2, 0) is 11.3 Å². The minimum absolute atomic E-state index is 0.0761. The third-order valence-corrected chi connectivity index (χ3v) is 3.88. The maximum atomic E-state index is 12.4. The van der Waals surface area contributed by atoms with Gasteiger partial charge in [0.1, 0.15) is 18.1 Å². The number of nitrogens with one attached hydrogen (secondary N) is 1. The first-order valence-corrected chi connectivity index (χ1v) is 8.85. The Bertz CT molecular complexity index is 718. The zero-order valence-electron chi connectivity index (χ0n) is 15.3. The van der Waals surface area contributed by atoms with E-state index in [4.69, 9.17) is 25.8 Å². The molecule has 1 amide bonds. The fourth-order valence-corrected chi connectivity index (χ4v) is 2.55. The van der Waals surface area contributed by atoms with Crippen LogP contribution in [0.25, 0.3) is 0 Å². The molecule has 0 radical (unpaired) electrons. The number of carbonyl (C=O) groups is 1. The van der Waals surface area contributed by atoms with Gasteiger partial charge in [-0.1, -0.05) is 11.6 Å². The molecule has 0 spiro atoms. The molecule has 26 heavy (non-hydrogen) atoms. The number of methoxy groups -OCH3 is 1. The summed E-state index contributed by atoms with van der Waals surface area (Å²) in [5.74, 6) is 1.23. The normalized spacial score (nSPS) is 11.7. The molecule has 0 saturated carbocycles. The maximum absolute atomic E-state index is 12.4. The van der Waals surface area contributed by atoms with Crippen molar-refractivity contribution < 1.29 is 19.0 Å². The Labute approximate surface area is 159 Å². The molecule has 6 heteroatoms. The van der Waals surface area contributed by atoms with Gasteiger partial charge in [-0.2, -0.15) is 0 Å². The molecule has 2 aromatic rings. The number of amides is 1. The lowest BCUT2D eigenvalue weighted by molar-refractivity contribution is 0.0905. The van der Waals surface area contributed by atoms with E-state index in [1.165, 1.54) is 0 Å². The predicted molar refractivity (Wildman–Crippen MR) is 102 cm³/mol. The molecule has 5 nitrogen and oxygen atoms in total. The third kappa shape index (κ3) is 5.93. The summed E-state index contributed by atoms with van der Waals surface area (Å²) in [7, 11) is 1.60. The van der Waals surface area contributed by atoms with Gasteiger partial charge in [0.25, 0.3) is 5.91 Å². The highest BCUT2D eigenvalue weighted by Crippen LogP contribution is 2.23. The van der Waals surface area contributed by atoms with E-state index in [0.29, 0.717) is 35.3 Å². The van der Waals surface area contributed by atoms with Crippen LogP contribution < -0.4 is 14.8 Å². The van der Waals surface area contributed by atoms with E-state index >= 15 is 0 Å². The van der Waals surface area contributed by atoms with Crippen LogP contribution in [0.4, 0.5) is 0 Å². The molecule has 0 fully saturated rings. The van der Waals surface area contributed by atoms with Crippen LogP contribution >= 0.6 is 11.6 Å². The number of hydrogen-bond donors (Lipinski definition) is 1. The van der Waals surface area contributed by atoms with Crippen molar-refractivity contribution in [3.8, 4) is 11.5 Å². The molecule has 1 atom stereocenters. The summed E-state index contributed by atoms with van der Waals surface area (Å²) in [5, 5.41) is 3.54. The number of rotatable bonds is 9. The minimum atomic E-state index is -0.162. The molecule has 0 heterocycles. The molecule has 0 aromatic heterocycles. The second-order valence-corrected chi connectivity index (χ2v) is 6.26. The Morgan fingerprint density at radius 2 is 1.88 bits per heavy atom. The molecule has 0 aliphatic heterocycles. The van der Waals surface area contributed by atoms with Crippen LogP contribution in [0.2, 0.25) is 5.02 Å². The smallest absolute Gasteiger partial charge is 0.251 e. The molecule has 140 valence electrons. The van der Waals surface area contributed by atoms with E-state index in [-0.39, 0.29) is 18.6 Å². The van der Waals surface area contributed by atoms with Crippen molar-refractivity contribution in [2.24, 2.45) is 0 Å². The average molecular weight is 378 g/mol. The Morgan fingerprint density at radius 3 is 2.54 bits per heavy atom. The number of halogens is 1. The average Bonchev–Trinajstić information content (AvgIpc) is 2.62. The van der Waals surface area contributed by atoms with Crippen molar-refractivity contribution in [3.05, 3.63) is 58.6 Å². The predicted octanol–water partition coefficient (Wildman–Crippen LogP) is 4.08. The van der Waals surface area contributed by atoms with E-state index in [0.717, 1.165) is 5.56 Å². The van der Waals surface area contributed by atoms with Crippen molar-refractivity contribution in [1.29, 1.82) is 0 Å². The van der Waals surface area contributed by atoms with Crippen LogP contribution in [0.1, 0.15) is 29.8 Å². The number of carbonyl (C=O) groups excluding carboxylic acids is 1. The van der Waals surface area contributed by atoms with Crippen LogP contribution in [0, 0.1) is 0 Å². The summed E-state index contributed by atoms with van der Waals surface area (Å²) in [6.07, 6.45) is 0. The zero-order chi connectivity index (χ0) is 18.9. The second kappa shape index (κ2) is 10.0. The first-order valence-electron chi connectivity index (χ1n) is 8.47. The number of ether oxygens (including phenoxy) is 3. The van der Waals surface area contributed by atoms with Crippen molar-refractivity contribution in [1.82, 2.24) is 5.32 Å². The molecule has 2 aromatic carbocycles. The SMILES string of the molecule is CCOc1ccc(C(=O)N[C@H](C)COC)cc1COc1ccc(Cl)cc1. The Kier molecular flexibility index (Phi) is 7.75. The Balaban J connectivity index is 2.13. The van der Waals surface area contributed by atoms with Gasteiger partial charge in [0.15, 0.2) is 0 Å². The quantitative estimate of drug-likeness (QED) is 0.715. The van der Waals surface area contributed by atoms with Crippen molar-refractivity contribution in [2.75, 3.05) is 20.3 Å². The fourth-order valence-electron chi connectivity index (χ4n) is 2.42. The van der Waals surface area contributed by atoms with E-state index in [9.17, 15) is 4.79 Å². The van der Waals surface area contributed by atoms with Crippen molar-refractivity contribution in [3.63, 3.8) is 0 Å². The monoisotopic (exact) mass is 377 g/mol. The zero-order valence-corrected chi connectivity index (χ0v) is 16.0. The van der Waals surface area contributed by atoms with Crippen LogP contribution in [-0.4, -0.2) is 32.3 Å². The molecule has 0 saturated heterocycles. The van der Waals surface area contributed by atoms with Crippen LogP contribution in [0.5, 0.6) is 11.5 Å². The summed E-state index contributed by atoms with van der Waals surface area (Å²) >= 11 is 5.89. The maximum Gasteiger partial charge on any atom is 0.251 e. The molecule has 0 unspecified atom stereocenters. The summed E-state index contributed by atoms with van der Waals surface area (Å²) in [6.45, 7) is 5.07. The van der Waals surface area contributed by atoms with Crippen molar-refractivity contribution >= 4 is 17.5 Å². The number of benzene rings is 2. The van der Waals surface area contributed by atoms with Gasteiger partial charge in [0.2, 0.25) is 0 Å². The van der Waals surface area contributed by atoms with Gasteiger partial charge in [0.05, 0.1) is 13.2 Å². The summed E-state index contributed by atoms with van der Waals surface area (Å²) in [6, 6.07) is 12.4. The molecule has 0 bridgehead atoms. The summed E-state index contributed by atoms with van der Waals surface area (Å²) in [5.41, 5.74) is 1.35. The highest BCUT2D eigenvalue weighted by atomic mass is 35.5. The summed E-state index contributed by atoms with van der Waals surface area (Å²) < 4.78 is 16.5. The van der Waals surface area contributed by atoms with Crippen LogP contribution in [0.15, 0.2) is 42.5 Å². The molecular formula is C20H24ClNO4. The first kappa shape index (κ1) is 20.1. The van der Waals surface area contributed by atoms with Gasteiger partial charge in [-0.15, -0.1) is 0 Å². The minimum Gasteiger partial charge on any atom is -0.493 e. The topological polar surface area (TPSA) is 56.8 Å². The first-order chi connectivity index (χ1) is 12.5. The van der Waals surface area contributed by atoms with E-state index in [2.05, 4.69) is 5.32 Å². The molecule has 0 aliphatic carbocycles. The lowest BCUT2D eigenvalue weighted by Crippen LogP contribution is -2.35. The third-order valence-electron chi connectivity index (χ3n) is 3.62. The van der Waals surface area contributed by atoms with Gasteiger partial charge in [-0.3, -0.25) is 4.79 Å². The number of hydrogen-bond acceptors (Lipinski definition) is 4. The lowest BCUT2D eigenvalue weighted by atomic mass is 10.1. The van der Waals surface area contributed by atoms with Gasteiger partial charge in [-0.05, 0) is 56.3 Å².